The molecule has 0 radical (unpaired) electrons. The maximum absolute atomic E-state index is 12.4. The van der Waals surface area contributed by atoms with Gasteiger partial charge in [-0.15, -0.1) is 6.58 Å². The molecule has 0 unspecified atom stereocenters. The van der Waals surface area contributed by atoms with Crippen molar-refractivity contribution < 1.29 is 9.90 Å². The van der Waals surface area contributed by atoms with Gasteiger partial charge in [-0.3, -0.25) is 9.69 Å². The smallest absolute Gasteiger partial charge is 0.243 e. The van der Waals surface area contributed by atoms with E-state index in [1.165, 1.54) is 11.8 Å². The van der Waals surface area contributed by atoms with Crippen molar-refractivity contribution in [2.45, 2.75) is 25.8 Å². The van der Waals surface area contributed by atoms with Crippen LogP contribution < -0.4 is 5.43 Å². The van der Waals surface area contributed by atoms with Crippen LogP contribution >= 0.6 is 15.9 Å². The van der Waals surface area contributed by atoms with E-state index in [1.807, 2.05) is 12.1 Å². The van der Waals surface area contributed by atoms with Crippen molar-refractivity contribution in [1.29, 1.82) is 0 Å². The number of likely N-dealkylation sites (tertiary alicyclic amines) is 1. The van der Waals surface area contributed by atoms with Crippen LogP contribution in [0.1, 0.15) is 29.5 Å². The fourth-order valence-corrected chi connectivity index (χ4v) is 3.76. The fraction of sp³-hybridized carbons (Fsp3) is 0.304. The molecule has 2 N–H and O–H groups in total. The van der Waals surface area contributed by atoms with Gasteiger partial charge in [0.1, 0.15) is 5.75 Å². The van der Waals surface area contributed by atoms with Crippen LogP contribution in [0.25, 0.3) is 0 Å². The summed E-state index contributed by atoms with van der Waals surface area (Å²) in [7, 11) is 0. The topological polar surface area (TPSA) is 64.9 Å². The quantitative estimate of drug-likeness (QED) is 0.372. The van der Waals surface area contributed by atoms with Crippen LogP contribution in [0.3, 0.4) is 0 Å². The number of benzene rings is 2. The highest BCUT2D eigenvalue weighted by Gasteiger charge is 2.24. The van der Waals surface area contributed by atoms with E-state index in [9.17, 15) is 9.90 Å². The summed E-state index contributed by atoms with van der Waals surface area (Å²) < 4.78 is 1.08. The standard InChI is InChI=1S/C23H26BrN3O2/c1-2-4-18-5-3-6-20(22(18)28)15-25-26-23(29)19-11-13-27(14-12-19)16-17-7-9-21(24)10-8-17/h2-3,5-10,15,19,28H,1,4,11-14,16H2,(H,26,29)/b25-15+. The third kappa shape index (κ3) is 6.02. The molecule has 0 saturated carbocycles. The van der Waals surface area contributed by atoms with Crippen LogP contribution in [0, 0.1) is 5.92 Å². The number of hydrazone groups is 1. The summed E-state index contributed by atoms with van der Waals surface area (Å²) in [6.45, 7) is 6.37. The Morgan fingerprint density at radius 3 is 2.66 bits per heavy atom. The Morgan fingerprint density at radius 2 is 1.97 bits per heavy atom. The Hall–Kier alpha value is -2.44. The molecule has 1 heterocycles. The second-order valence-electron chi connectivity index (χ2n) is 7.26. The molecule has 29 heavy (non-hydrogen) atoms. The van der Waals surface area contributed by atoms with E-state index in [-0.39, 0.29) is 17.6 Å². The second kappa shape index (κ2) is 10.4. The van der Waals surface area contributed by atoms with Gasteiger partial charge < -0.3 is 5.11 Å². The van der Waals surface area contributed by atoms with Crippen molar-refractivity contribution >= 4 is 28.1 Å². The summed E-state index contributed by atoms with van der Waals surface area (Å²) in [5.41, 5.74) is 5.27. The van der Waals surface area contributed by atoms with Gasteiger partial charge in [0.15, 0.2) is 0 Å². The lowest BCUT2D eigenvalue weighted by Crippen LogP contribution is -2.39. The molecule has 5 nitrogen and oxygen atoms in total. The van der Waals surface area contributed by atoms with E-state index in [4.69, 9.17) is 0 Å². The number of para-hydroxylation sites is 1. The monoisotopic (exact) mass is 455 g/mol. The molecule has 0 aromatic heterocycles. The summed E-state index contributed by atoms with van der Waals surface area (Å²) >= 11 is 3.46. The minimum absolute atomic E-state index is 0.0333. The van der Waals surface area contributed by atoms with Crippen LogP contribution in [0.5, 0.6) is 5.75 Å². The first kappa shape index (κ1) is 21.3. The first-order valence-corrected chi connectivity index (χ1v) is 10.6. The van der Waals surface area contributed by atoms with Gasteiger partial charge in [0.05, 0.1) is 6.21 Å². The highest BCUT2D eigenvalue weighted by atomic mass is 79.9. The van der Waals surface area contributed by atoms with E-state index < -0.39 is 0 Å². The number of amides is 1. The lowest BCUT2D eigenvalue weighted by molar-refractivity contribution is -0.126. The number of allylic oxidation sites excluding steroid dienone is 1. The molecule has 1 aliphatic rings. The largest absolute Gasteiger partial charge is 0.507 e. The zero-order valence-electron chi connectivity index (χ0n) is 16.4. The molecule has 0 bridgehead atoms. The van der Waals surface area contributed by atoms with Crippen molar-refractivity contribution in [1.82, 2.24) is 10.3 Å². The summed E-state index contributed by atoms with van der Waals surface area (Å²) in [6, 6.07) is 13.8. The number of carbonyl (C=O) groups is 1. The summed E-state index contributed by atoms with van der Waals surface area (Å²) in [6.07, 6.45) is 5.44. The highest BCUT2D eigenvalue weighted by Crippen LogP contribution is 2.22. The predicted molar refractivity (Wildman–Crippen MR) is 120 cm³/mol. The first-order chi connectivity index (χ1) is 14.1. The van der Waals surface area contributed by atoms with Crippen molar-refractivity contribution in [3.05, 3.63) is 76.3 Å². The minimum Gasteiger partial charge on any atom is -0.507 e. The number of aromatic hydroxyl groups is 1. The first-order valence-electron chi connectivity index (χ1n) is 9.78. The number of nitrogens with one attached hydrogen (secondary N) is 1. The van der Waals surface area contributed by atoms with E-state index in [2.05, 4.69) is 62.2 Å². The van der Waals surface area contributed by atoms with E-state index in [0.29, 0.717) is 12.0 Å². The average Bonchev–Trinajstić information content (AvgIpc) is 2.73. The number of rotatable bonds is 7. The van der Waals surface area contributed by atoms with Crippen LogP contribution in [0.15, 0.2) is 64.7 Å². The molecule has 0 aliphatic carbocycles. The van der Waals surface area contributed by atoms with Gasteiger partial charge >= 0.3 is 0 Å². The van der Waals surface area contributed by atoms with E-state index in [0.717, 1.165) is 42.5 Å². The van der Waals surface area contributed by atoms with Crippen LogP contribution in [-0.2, 0) is 17.8 Å². The molecule has 2 aromatic carbocycles. The lowest BCUT2D eigenvalue weighted by Gasteiger charge is -2.30. The summed E-state index contributed by atoms with van der Waals surface area (Å²) in [4.78, 5) is 14.8. The van der Waals surface area contributed by atoms with Gasteiger partial charge in [0, 0.05) is 22.5 Å². The molecule has 152 valence electrons. The Bertz CT molecular complexity index is 872. The molecule has 0 spiro atoms. The van der Waals surface area contributed by atoms with Crippen LogP contribution in [0.4, 0.5) is 0 Å². The third-order valence-electron chi connectivity index (χ3n) is 5.17. The number of hydrogen-bond donors (Lipinski definition) is 2. The Labute approximate surface area is 180 Å². The summed E-state index contributed by atoms with van der Waals surface area (Å²) in [5.74, 6) is 0.0759. The van der Waals surface area contributed by atoms with Crippen molar-refractivity contribution in [2.75, 3.05) is 13.1 Å². The highest BCUT2D eigenvalue weighted by molar-refractivity contribution is 9.10. The average molecular weight is 456 g/mol. The number of phenolic OH excluding ortho intramolecular Hbond substituents is 1. The zero-order chi connectivity index (χ0) is 20.6. The van der Waals surface area contributed by atoms with E-state index in [1.54, 1.807) is 12.1 Å². The Kier molecular flexibility index (Phi) is 7.61. The molecule has 1 saturated heterocycles. The van der Waals surface area contributed by atoms with Crippen molar-refractivity contribution in [2.24, 2.45) is 11.0 Å². The zero-order valence-corrected chi connectivity index (χ0v) is 17.9. The molecular weight excluding hydrogens is 430 g/mol. The van der Waals surface area contributed by atoms with Gasteiger partial charge in [-0.1, -0.05) is 46.3 Å². The van der Waals surface area contributed by atoms with Gasteiger partial charge in [-0.05, 0) is 61.7 Å². The number of carbonyl (C=O) groups excluding carboxylic acids is 1. The SMILES string of the molecule is C=CCc1cccc(/C=N/NC(=O)C2CCN(Cc3ccc(Br)cc3)CC2)c1O. The Morgan fingerprint density at radius 1 is 1.24 bits per heavy atom. The molecule has 0 atom stereocenters. The number of nitrogens with zero attached hydrogens (tertiary/aromatic N) is 2. The Balaban J connectivity index is 1.47. The van der Waals surface area contributed by atoms with Gasteiger partial charge in [0.2, 0.25) is 5.91 Å². The van der Waals surface area contributed by atoms with E-state index >= 15 is 0 Å². The number of halogens is 1. The van der Waals surface area contributed by atoms with Crippen molar-refractivity contribution in [3.63, 3.8) is 0 Å². The minimum atomic E-state index is -0.0636. The molecule has 1 amide bonds. The van der Waals surface area contributed by atoms with Crippen LogP contribution in [0.2, 0.25) is 0 Å². The number of hydrogen-bond acceptors (Lipinski definition) is 4. The molecule has 6 heteroatoms. The maximum atomic E-state index is 12.4. The van der Waals surface area contributed by atoms with Crippen molar-refractivity contribution in [3.8, 4) is 5.75 Å². The molecule has 3 rings (SSSR count). The predicted octanol–water partition coefficient (Wildman–Crippen LogP) is 4.25. The molecule has 2 aromatic rings. The number of phenols is 1. The van der Waals surface area contributed by atoms with Gasteiger partial charge in [-0.2, -0.15) is 5.10 Å². The summed E-state index contributed by atoms with van der Waals surface area (Å²) in [5, 5.41) is 14.3. The van der Waals surface area contributed by atoms with Gasteiger partial charge in [0.25, 0.3) is 0 Å². The maximum Gasteiger partial charge on any atom is 0.243 e. The third-order valence-corrected chi connectivity index (χ3v) is 5.70. The second-order valence-corrected chi connectivity index (χ2v) is 8.17. The molecule has 1 aliphatic heterocycles. The fourth-order valence-electron chi connectivity index (χ4n) is 3.49. The van der Waals surface area contributed by atoms with Crippen LogP contribution in [-0.4, -0.2) is 35.2 Å². The molecule has 1 fully saturated rings. The van der Waals surface area contributed by atoms with Gasteiger partial charge in [-0.25, -0.2) is 5.43 Å². The normalized spacial score (nSPS) is 15.5. The lowest BCUT2D eigenvalue weighted by atomic mass is 9.96. The molecular formula is C23H26BrN3O2. The number of piperidine rings is 1.